The Morgan fingerprint density at radius 3 is 3.00 bits per heavy atom. The molecule has 1 aliphatic rings. The van der Waals surface area contributed by atoms with Crippen LogP contribution in [-0.2, 0) is 0 Å². The molecule has 2 heterocycles. The van der Waals surface area contributed by atoms with Gasteiger partial charge in [0.1, 0.15) is 10.8 Å². The summed E-state index contributed by atoms with van der Waals surface area (Å²) in [5, 5.41) is 4.68. The molecule has 100 valence electrons. The Morgan fingerprint density at radius 1 is 1.42 bits per heavy atom. The van der Waals surface area contributed by atoms with Gasteiger partial charge in [-0.15, -0.1) is 0 Å². The van der Waals surface area contributed by atoms with E-state index in [2.05, 4.69) is 21.6 Å². The van der Waals surface area contributed by atoms with Gasteiger partial charge >= 0.3 is 0 Å². The van der Waals surface area contributed by atoms with Gasteiger partial charge in [-0.2, -0.15) is 4.37 Å². The van der Waals surface area contributed by atoms with Gasteiger partial charge in [0.2, 0.25) is 0 Å². The lowest BCUT2D eigenvalue weighted by molar-refractivity contribution is 0.603. The summed E-state index contributed by atoms with van der Waals surface area (Å²) in [5.41, 5.74) is 8.03. The number of aromatic nitrogens is 2. The third kappa shape index (κ3) is 2.56. The fourth-order valence-electron chi connectivity index (χ4n) is 2.71. The summed E-state index contributed by atoms with van der Waals surface area (Å²) in [4.78, 5) is 4.16. The van der Waals surface area contributed by atoms with Crippen molar-refractivity contribution in [2.75, 3.05) is 11.1 Å². The van der Waals surface area contributed by atoms with Crippen LogP contribution in [0.5, 0.6) is 0 Å². The van der Waals surface area contributed by atoms with E-state index < -0.39 is 0 Å². The zero-order valence-electron chi connectivity index (χ0n) is 11.0. The largest absolute Gasteiger partial charge is 0.382 e. The molecule has 2 unspecified atom stereocenters. The zero-order valence-corrected chi connectivity index (χ0v) is 11.8. The van der Waals surface area contributed by atoms with Gasteiger partial charge in [-0.3, -0.25) is 4.98 Å². The van der Waals surface area contributed by atoms with Gasteiger partial charge in [-0.05, 0) is 42.8 Å². The predicted molar refractivity (Wildman–Crippen MR) is 80.2 cm³/mol. The second-order valence-corrected chi connectivity index (χ2v) is 6.05. The second kappa shape index (κ2) is 5.17. The van der Waals surface area contributed by atoms with Crippen molar-refractivity contribution >= 4 is 22.4 Å². The number of pyridine rings is 1. The molecule has 1 saturated carbocycles. The Hall–Kier alpha value is -1.62. The summed E-state index contributed by atoms with van der Waals surface area (Å²) in [7, 11) is 0. The number of nitrogen functional groups attached to an aromatic ring is 1. The monoisotopic (exact) mass is 274 g/mol. The van der Waals surface area contributed by atoms with E-state index in [0.29, 0.717) is 11.9 Å². The van der Waals surface area contributed by atoms with E-state index in [0.717, 1.165) is 22.0 Å². The summed E-state index contributed by atoms with van der Waals surface area (Å²) in [5.74, 6) is 1.40. The third-order valence-corrected chi connectivity index (χ3v) is 4.49. The zero-order chi connectivity index (χ0) is 13.2. The number of nitrogens with one attached hydrogen (secondary N) is 1. The van der Waals surface area contributed by atoms with E-state index in [-0.39, 0.29) is 0 Å². The van der Waals surface area contributed by atoms with Crippen LogP contribution in [0.1, 0.15) is 26.2 Å². The van der Waals surface area contributed by atoms with E-state index in [1.165, 1.54) is 30.8 Å². The van der Waals surface area contributed by atoms with Crippen LogP contribution in [0.3, 0.4) is 0 Å². The van der Waals surface area contributed by atoms with Crippen LogP contribution >= 0.6 is 11.5 Å². The summed E-state index contributed by atoms with van der Waals surface area (Å²) in [6.45, 7) is 2.31. The molecule has 0 bridgehead atoms. The molecule has 2 aromatic heterocycles. The molecule has 3 rings (SSSR count). The minimum atomic E-state index is 0.547. The molecule has 0 spiro atoms. The first kappa shape index (κ1) is 12.4. The maximum atomic E-state index is 6.01. The quantitative estimate of drug-likeness (QED) is 0.900. The maximum absolute atomic E-state index is 6.01. The maximum Gasteiger partial charge on any atom is 0.147 e. The highest BCUT2D eigenvalue weighted by Crippen LogP contribution is 2.38. The number of nitrogens with zero attached hydrogens (tertiary/aromatic N) is 2. The van der Waals surface area contributed by atoms with Gasteiger partial charge in [0.25, 0.3) is 0 Å². The van der Waals surface area contributed by atoms with Crippen LogP contribution in [0.25, 0.3) is 11.1 Å². The molecule has 3 N–H and O–H groups in total. The molecule has 0 radical (unpaired) electrons. The van der Waals surface area contributed by atoms with E-state index >= 15 is 0 Å². The van der Waals surface area contributed by atoms with Crippen molar-refractivity contribution < 1.29 is 0 Å². The Bertz CT molecular complexity index is 552. The highest BCUT2D eigenvalue weighted by Gasteiger charge is 2.23. The van der Waals surface area contributed by atoms with Crippen LogP contribution in [-0.4, -0.2) is 15.4 Å². The molecule has 4 nitrogen and oxygen atoms in total. The van der Waals surface area contributed by atoms with E-state index in [4.69, 9.17) is 5.73 Å². The molecule has 2 atom stereocenters. The normalized spacial score (nSPS) is 22.6. The molecule has 0 amide bonds. The fourth-order valence-corrected chi connectivity index (χ4v) is 3.53. The van der Waals surface area contributed by atoms with E-state index in [9.17, 15) is 0 Å². The molecular weight excluding hydrogens is 256 g/mol. The standard InChI is InChI=1S/C14H18N4S/c1-9-4-5-11(7-9)17-14-12(13(15)18-19-14)10-3-2-6-16-8-10/h2-3,6,8-9,11,17H,4-5,7H2,1H3,(H2,15,18). The topological polar surface area (TPSA) is 63.8 Å². The minimum absolute atomic E-state index is 0.547. The summed E-state index contributed by atoms with van der Waals surface area (Å²) in [6, 6.07) is 4.49. The molecule has 0 aliphatic heterocycles. The number of hydrogen-bond donors (Lipinski definition) is 2. The van der Waals surface area contributed by atoms with Gasteiger partial charge in [-0.1, -0.05) is 13.0 Å². The van der Waals surface area contributed by atoms with Gasteiger partial charge in [-0.25, -0.2) is 0 Å². The smallest absolute Gasteiger partial charge is 0.147 e. The van der Waals surface area contributed by atoms with Crippen LogP contribution in [0.4, 0.5) is 10.8 Å². The average Bonchev–Trinajstić information content (AvgIpc) is 2.98. The van der Waals surface area contributed by atoms with Gasteiger partial charge in [0, 0.05) is 24.0 Å². The molecule has 0 saturated heterocycles. The highest BCUT2D eigenvalue weighted by molar-refractivity contribution is 7.11. The van der Waals surface area contributed by atoms with Crippen molar-refractivity contribution in [3.05, 3.63) is 24.5 Å². The third-order valence-electron chi connectivity index (χ3n) is 3.70. The highest BCUT2D eigenvalue weighted by atomic mass is 32.1. The lowest BCUT2D eigenvalue weighted by Crippen LogP contribution is -2.14. The SMILES string of the molecule is CC1CCC(Nc2snc(N)c2-c2cccnc2)C1. The van der Waals surface area contributed by atoms with Crippen molar-refractivity contribution in [1.29, 1.82) is 0 Å². The van der Waals surface area contributed by atoms with Gasteiger partial charge < -0.3 is 11.1 Å². The van der Waals surface area contributed by atoms with Crippen molar-refractivity contribution in [2.45, 2.75) is 32.2 Å². The average molecular weight is 274 g/mol. The lowest BCUT2D eigenvalue weighted by Gasteiger charge is -2.13. The fraction of sp³-hybridized carbons (Fsp3) is 0.429. The molecule has 1 fully saturated rings. The van der Waals surface area contributed by atoms with Gasteiger partial charge in [0.05, 0.1) is 5.56 Å². The number of rotatable bonds is 3. The van der Waals surface area contributed by atoms with Crippen molar-refractivity contribution in [1.82, 2.24) is 9.36 Å². The van der Waals surface area contributed by atoms with Crippen molar-refractivity contribution in [3.63, 3.8) is 0 Å². The van der Waals surface area contributed by atoms with Crippen LogP contribution < -0.4 is 11.1 Å². The predicted octanol–water partition coefficient (Wildman–Crippen LogP) is 3.39. The van der Waals surface area contributed by atoms with Crippen molar-refractivity contribution in [3.8, 4) is 11.1 Å². The summed E-state index contributed by atoms with van der Waals surface area (Å²) < 4.78 is 4.28. The Morgan fingerprint density at radius 2 is 2.32 bits per heavy atom. The Labute approximate surface area is 117 Å². The molecule has 5 heteroatoms. The molecule has 2 aromatic rings. The minimum Gasteiger partial charge on any atom is -0.382 e. The number of nitrogens with two attached hydrogens (primary N) is 1. The van der Waals surface area contributed by atoms with Crippen LogP contribution in [0, 0.1) is 5.92 Å². The summed E-state index contributed by atoms with van der Waals surface area (Å²) >= 11 is 1.45. The number of hydrogen-bond acceptors (Lipinski definition) is 5. The Kier molecular flexibility index (Phi) is 3.38. The van der Waals surface area contributed by atoms with Gasteiger partial charge in [0.15, 0.2) is 0 Å². The van der Waals surface area contributed by atoms with Crippen LogP contribution in [0.2, 0.25) is 0 Å². The lowest BCUT2D eigenvalue weighted by atomic mass is 10.1. The molecule has 19 heavy (non-hydrogen) atoms. The molecule has 0 aromatic carbocycles. The molecular formula is C14H18N4S. The van der Waals surface area contributed by atoms with E-state index in [1.54, 1.807) is 6.20 Å². The Balaban J connectivity index is 1.87. The van der Waals surface area contributed by atoms with Crippen molar-refractivity contribution in [2.24, 2.45) is 5.92 Å². The molecule has 1 aliphatic carbocycles. The van der Waals surface area contributed by atoms with Crippen LogP contribution in [0.15, 0.2) is 24.5 Å². The van der Waals surface area contributed by atoms with E-state index in [1.807, 2.05) is 18.3 Å². The second-order valence-electron chi connectivity index (χ2n) is 5.27. The number of anilines is 2. The summed E-state index contributed by atoms with van der Waals surface area (Å²) in [6.07, 6.45) is 7.36. The first-order chi connectivity index (χ1) is 9.24. The first-order valence-corrected chi connectivity index (χ1v) is 7.43. The first-order valence-electron chi connectivity index (χ1n) is 6.66.